The molecule has 0 spiro atoms. The molecule has 1 aromatic heterocycles. The van der Waals surface area contributed by atoms with Crippen LogP contribution >= 0.6 is 21.8 Å². The zero-order valence-corrected chi connectivity index (χ0v) is 24.2. The highest BCUT2D eigenvalue weighted by Gasteiger charge is 2.15. The van der Waals surface area contributed by atoms with Crippen LogP contribution in [0.3, 0.4) is 0 Å². The standard InChI is InChI=1S/C25H25N3O2.C3H9ISi/c1-3-5-24(30)26-25-22-14-20(17-8-6-16(4-2)7-9-17)21(15-23(22)27-28-25)18-10-12-19(29)13-11-18;1-5(2,3)4/h6-15,29H,3-5H2,1-2H3,(H2,26,27,28,30);1-3H3. The Morgan fingerprint density at radius 2 is 1.51 bits per heavy atom. The van der Waals surface area contributed by atoms with Crippen LogP contribution in [0.2, 0.25) is 19.6 Å². The van der Waals surface area contributed by atoms with Gasteiger partial charge in [-0.05, 0) is 64.9 Å². The Hall–Kier alpha value is -2.65. The number of H-pyrrole nitrogens is 1. The van der Waals surface area contributed by atoms with E-state index in [-0.39, 0.29) is 11.7 Å². The van der Waals surface area contributed by atoms with Gasteiger partial charge in [0.15, 0.2) is 5.82 Å². The van der Waals surface area contributed by atoms with Crippen LogP contribution in [-0.2, 0) is 11.2 Å². The smallest absolute Gasteiger partial charge is 0.225 e. The summed E-state index contributed by atoms with van der Waals surface area (Å²) in [6, 6.07) is 19.8. The summed E-state index contributed by atoms with van der Waals surface area (Å²) < 4.78 is 0. The molecule has 4 aromatic rings. The molecule has 184 valence electrons. The maximum Gasteiger partial charge on any atom is 0.225 e. The summed E-state index contributed by atoms with van der Waals surface area (Å²) in [5, 5.41) is 20.9. The lowest BCUT2D eigenvalue weighted by Gasteiger charge is -2.12. The number of nitrogens with zero attached hydrogens (tertiary/aromatic N) is 1. The molecule has 3 N–H and O–H groups in total. The summed E-state index contributed by atoms with van der Waals surface area (Å²) in [4.78, 5) is 12.1. The third-order valence-electron chi connectivity index (χ3n) is 5.29. The summed E-state index contributed by atoms with van der Waals surface area (Å²) in [5.74, 6) is 0.741. The van der Waals surface area contributed by atoms with Crippen molar-refractivity contribution in [2.45, 2.75) is 52.8 Å². The summed E-state index contributed by atoms with van der Waals surface area (Å²) in [7, 11) is 0. The van der Waals surface area contributed by atoms with Gasteiger partial charge < -0.3 is 10.4 Å². The number of hydrogen-bond acceptors (Lipinski definition) is 3. The van der Waals surface area contributed by atoms with Crippen molar-refractivity contribution in [3.05, 3.63) is 66.2 Å². The van der Waals surface area contributed by atoms with Gasteiger partial charge >= 0.3 is 0 Å². The number of amides is 1. The zero-order valence-electron chi connectivity index (χ0n) is 21.1. The molecule has 0 radical (unpaired) electrons. The lowest BCUT2D eigenvalue weighted by atomic mass is 9.92. The Kier molecular flexibility index (Phi) is 9.13. The van der Waals surface area contributed by atoms with Crippen molar-refractivity contribution in [2.24, 2.45) is 0 Å². The minimum atomic E-state index is -0.641. The molecule has 5 nitrogen and oxygen atoms in total. The molecule has 0 aliphatic rings. The van der Waals surface area contributed by atoms with Crippen LogP contribution in [-0.4, -0.2) is 26.8 Å². The molecule has 0 atom stereocenters. The minimum absolute atomic E-state index is 0.0395. The summed E-state index contributed by atoms with van der Waals surface area (Å²) in [6.45, 7) is 11.1. The average Bonchev–Trinajstić information content (AvgIpc) is 3.19. The maximum atomic E-state index is 12.1. The molecule has 0 aliphatic carbocycles. The van der Waals surface area contributed by atoms with E-state index in [9.17, 15) is 9.90 Å². The highest BCUT2D eigenvalue weighted by Crippen LogP contribution is 2.37. The number of aromatic nitrogens is 2. The van der Waals surface area contributed by atoms with Crippen molar-refractivity contribution in [2.75, 3.05) is 5.32 Å². The van der Waals surface area contributed by atoms with Crippen molar-refractivity contribution in [3.63, 3.8) is 0 Å². The molecule has 0 bridgehead atoms. The van der Waals surface area contributed by atoms with Crippen molar-refractivity contribution in [1.82, 2.24) is 10.2 Å². The molecule has 0 saturated heterocycles. The SMILES string of the molecule is CCCC(=O)Nc1n[nH]c2cc(-c3ccc(O)cc3)c(-c3ccc(CC)cc3)cc12.C[Si](C)(C)I. The number of anilines is 1. The molecular formula is C28H34IN3O2Si. The molecule has 1 heterocycles. The van der Waals surface area contributed by atoms with Gasteiger partial charge in [0, 0.05) is 11.8 Å². The highest BCUT2D eigenvalue weighted by molar-refractivity contribution is 14.1. The van der Waals surface area contributed by atoms with Gasteiger partial charge in [0.05, 0.1) is 5.52 Å². The molecule has 0 aliphatic heterocycles. The van der Waals surface area contributed by atoms with E-state index in [2.05, 4.69) is 94.2 Å². The van der Waals surface area contributed by atoms with Gasteiger partial charge in [-0.25, -0.2) is 0 Å². The molecule has 0 unspecified atom stereocenters. The second kappa shape index (κ2) is 11.9. The number of halogens is 1. The molecule has 3 aromatic carbocycles. The Bertz CT molecular complexity index is 1270. The third-order valence-corrected chi connectivity index (χ3v) is 5.29. The summed E-state index contributed by atoms with van der Waals surface area (Å²) >= 11 is 2.52. The molecule has 0 fully saturated rings. The van der Waals surface area contributed by atoms with E-state index in [0.29, 0.717) is 12.2 Å². The summed E-state index contributed by atoms with van der Waals surface area (Å²) in [6.07, 6.45) is 2.24. The molecule has 35 heavy (non-hydrogen) atoms. The van der Waals surface area contributed by atoms with Crippen LogP contribution in [0.1, 0.15) is 32.3 Å². The van der Waals surface area contributed by atoms with E-state index in [0.717, 1.165) is 46.0 Å². The second-order valence-corrected chi connectivity index (χ2v) is 23.3. The lowest BCUT2D eigenvalue weighted by Crippen LogP contribution is -2.11. The van der Waals surface area contributed by atoms with E-state index in [1.54, 1.807) is 12.1 Å². The Labute approximate surface area is 221 Å². The van der Waals surface area contributed by atoms with Gasteiger partial charge in [0.25, 0.3) is 0 Å². The first kappa shape index (κ1) is 26.9. The number of benzene rings is 3. The second-order valence-electron chi connectivity index (χ2n) is 9.48. The molecule has 7 heteroatoms. The first-order valence-electron chi connectivity index (χ1n) is 12.0. The van der Waals surface area contributed by atoms with Crippen LogP contribution in [0, 0.1) is 0 Å². The first-order valence-corrected chi connectivity index (χ1v) is 18.6. The van der Waals surface area contributed by atoms with E-state index >= 15 is 0 Å². The van der Waals surface area contributed by atoms with E-state index < -0.39 is 5.57 Å². The number of aromatic amines is 1. The van der Waals surface area contributed by atoms with Crippen LogP contribution in [0.25, 0.3) is 33.2 Å². The molecular weight excluding hydrogens is 565 g/mol. The van der Waals surface area contributed by atoms with Gasteiger partial charge in [0.2, 0.25) is 5.91 Å². The quantitative estimate of drug-likeness (QED) is 0.119. The minimum Gasteiger partial charge on any atom is -0.508 e. The molecule has 4 rings (SSSR count). The van der Waals surface area contributed by atoms with Crippen LogP contribution in [0.5, 0.6) is 5.75 Å². The number of aryl methyl sites for hydroxylation is 1. The van der Waals surface area contributed by atoms with Crippen molar-refractivity contribution >= 4 is 50.0 Å². The average molecular weight is 600 g/mol. The van der Waals surface area contributed by atoms with Crippen LogP contribution in [0.15, 0.2) is 60.7 Å². The highest BCUT2D eigenvalue weighted by atomic mass is 127. The topological polar surface area (TPSA) is 78.0 Å². The monoisotopic (exact) mass is 599 g/mol. The number of carbonyl (C=O) groups is 1. The Morgan fingerprint density at radius 1 is 0.971 bits per heavy atom. The van der Waals surface area contributed by atoms with Gasteiger partial charge in [-0.1, -0.05) is 69.9 Å². The number of rotatable bonds is 6. The van der Waals surface area contributed by atoms with Gasteiger partial charge in [0.1, 0.15) is 11.3 Å². The normalized spacial score (nSPS) is 11.1. The van der Waals surface area contributed by atoms with Crippen LogP contribution in [0.4, 0.5) is 5.82 Å². The number of phenols is 1. The lowest BCUT2D eigenvalue weighted by molar-refractivity contribution is -0.116. The number of carbonyl (C=O) groups excluding carboxylic acids is 1. The van der Waals surface area contributed by atoms with Gasteiger partial charge in [-0.2, -0.15) is 5.10 Å². The number of fused-ring (bicyclic) bond motifs is 1. The number of nitrogens with one attached hydrogen (secondary N) is 2. The number of hydrogen-bond donors (Lipinski definition) is 3. The summed E-state index contributed by atoms with van der Waals surface area (Å²) in [5.41, 5.74) is 5.64. The van der Waals surface area contributed by atoms with Crippen LogP contribution < -0.4 is 5.32 Å². The fourth-order valence-corrected chi connectivity index (χ4v) is 3.62. The Morgan fingerprint density at radius 3 is 2.06 bits per heavy atom. The Balaban J connectivity index is 0.000000623. The van der Waals surface area contributed by atoms with Gasteiger partial charge in [-0.15, -0.1) is 21.8 Å². The fraction of sp³-hybridized carbons (Fsp3) is 0.286. The van der Waals surface area contributed by atoms with E-state index in [1.165, 1.54) is 5.56 Å². The first-order chi connectivity index (χ1) is 16.6. The predicted octanol–water partition coefficient (Wildman–Crippen LogP) is 8.16. The number of phenolic OH excluding ortho intramolecular Hbond substituents is 1. The maximum absolute atomic E-state index is 12.1. The molecule has 1 amide bonds. The third kappa shape index (κ3) is 7.67. The molecule has 0 saturated carbocycles. The van der Waals surface area contributed by atoms with Crippen molar-refractivity contribution in [1.29, 1.82) is 0 Å². The van der Waals surface area contributed by atoms with E-state index in [1.807, 2.05) is 25.1 Å². The van der Waals surface area contributed by atoms with Crippen molar-refractivity contribution in [3.8, 4) is 28.0 Å². The van der Waals surface area contributed by atoms with Gasteiger partial charge in [-0.3, -0.25) is 9.89 Å². The van der Waals surface area contributed by atoms with E-state index in [4.69, 9.17) is 0 Å². The van der Waals surface area contributed by atoms with Crippen molar-refractivity contribution < 1.29 is 9.90 Å². The number of aromatic hydroxyl groups is 1. The zero-order chi connectivity index (χ0) is 25.6. The predicted molar refractivity (Wildman–Crippen MR) is 159 cm³/mol. The largest absolute Gasteiger partial charge is 0.508 e. The fourth-order valence-electron chi connectivity index (χ4n) is 3.62.